The smallest absolute Gasteiger partial charge is 0.255 e. The molecule has 1 aliphatic heterocycles. The summed E-state index contributed by atoms with van der Waals surface area (Å²) in [7, 11) is 0. The highest BCUT2D eigenvalue weighted by molar-refractivity contribution is 5.96. The normalized spacial score (nSPS) is 19.3. The number of imidazole rings is 1. The van der Waals surface area contributed by atoms with Gasteiger partial charge in [0.25, 0.3) is 5.91 Å². The third kappa shape index (κ3) is 2.05. The van der Waals surface area contributed by atoms with Crippen molar-refractivity contribution in [1.82, 2.24) is 19.4 Å². The lowest BCUT2D eigenvalue weighted by molar-refractivity contribution is 0.0577. The van der Waals surface area contributed by atoms with Crippen LogP contribution in [0.15, 0.2) is 18.6 Å². The van der Waals surface area contributed by atoms with E-state index in [0.29, 0.717) is 24.7 Å². The number of nitrogens with zero attached hydrogens (tertiary/aromatic N) is 5. The second kappa shape index (κ2) is 5.09. The molecule has 2 aliphatic rings. The molecular formula is C16H17N5O. The minimum atomic E-state index is -0.0590. The van der Waals surface area contributed by atoms with Gasteiger partial charge in [0.2, 0.25) is 0 Å². The Bertz CT molecular complexity index is 762. The molecule has 3 heterocycles. The summed E-state index contributed by atoms with van der Waals surface area (Å²) in [5.41, 5.74) is 2.19. The van der Waals surface area contributed by atoms with Gasteiger partial charge in [0, 0.05) is 25.3 Å². The Balaban J connectivity index is 1.59. The number of pyridine rings is 1. The quantitative estimate of drug-likeness (QED) is 0.850. The predicted molar refractivity (Wildman–Crippen MR) is 80.0 cm³/mol. The highest BCUT2D eigenvalue weighted by Gasteiger charge is 2.31. The molecule has 0 aromatic carbocycles. The van der Waals surface area contributed by atoms with Crippen molar-refractivity contribution < 1.29 is 4.79 Å². The minimum absolute atomic E-state index is 0.0257. The lowest BCUT2D eigenvalue weighted by atomic mass is 10.0. The van der Waals surface area contributed by atoms with Gasteiger partial charge in [-0.1, -0.05) is 12.8 Å². The maximum Gasteiger partial charge on any atom is 0.255 e. The van der Waals surface area contributed by atoms with E-state index in [1.165, 1.54) is 25.7 Å². The summed E-state index contributed by atoms with van der Waals surface area (Å²) in [5.74, 6) is -0.0847. The molecule has 1 aliphatic carbocycles. The number of nitriles is 1. The molecular weight excluding hydrogens is 278 g/mol. The summed E-state index contributed by atoms with van der Waals surface area (Å²) >= 11 is 0. The Kier molecular flexibility index (Phi) is 3.07. The SMILES string of the molecule is N#CC1CN(C(=O)c2cnc3c(c2)ncn3C2CCCC2)C1. The minimum Gasteiger partial charge on any atom is -0.336 e. The molecule has 1 saturated heterocycles. The number of hydrogen-bond acceptors (Lipinski definition) is 4. The number of amides is 1. The Morgan fingerprint density at radius 1 is 1.27 bits per heavy atom. The predicted octanol–water partition coefficient (Wildman–Crippen LogP) is 2.14. The van der Waals surface area contributed by atoms with Crippen LogP contribution in [0.5, 0.6) is 0 Å². The second-order valence-electron chi connectivity index (χ2n) is 6.19. The molecule has 112 valence electrons. The summed E-state index contributed by atoms with van der Waals surface area (Å²) < 4.78 is 2.14. The first-order chi connectivity index (χ1) is 10.8. The largest absolute Gasteiger partial charge is 0.336 e. The fraction of sp³-hybridized carbons (Fsp3) is 0.500. The number of rotatable bonds is 2. The zero-order valence-corrected chi connectivity index (χ0v) is 12.3. The van der Waals surface area contributed by atoms with Gasteiger partial charge in [-0.15, -0.1) is 0 Å². The van der Waals surface area contributed by atoms with Crippen LogP contribution in [-0.2, 0) is 0 Å². The van der Waals surface area contributed by atoms with E-state index in [9.17, 15) is 4.79 Å². The molecule has 0 radical (unpaired) electrons. The van der Waals surface area contributed by atoms with Gasteiger partial charge in [0.1, 0.15) is 5.52 Å². The van der Waals surface area contributed by atoms with E-state index in [1.807, 2.05) is 12.4 Å². The van der Waals surface area contributed by atoms with Crippen LogP contribution in [0.2, 0.25) is 0 Å². The van der Waals surface area contributed by atoms with Crippen molar-refractivity contribution in [3.63, 3.8) is 0 Å². The van der Waals surface area contributed by atoms with E-state index < -0.39 is 0 Å². The number of carbonyl (C=O) groups is 1. The molecule has 0 spiro atoms. The summed E-state index contributed by atoms with van der Waals surface area (Å²) in [5, 5.41) is 8.79. The van der Waals surface area contributed by atoms with Crippen molar-refractivity contribution in [2.24, 2.45) is 5.92 Å². The average molecular weight is 295 g/mol. The average Bonchev–Trinajstić information content (AvgIpc) is 3.14. The van der Waals surface area contributed by atoms with Crippen molar-refractivity contribution in [3.8, 4) is 6.07 Å². The van der Waals surface area contributed by atoms with E-state index in [-0.39, 0.29) is 11.8 Å². The summed E-state index contributed by atoms with van der Waals surface area (Å²) in [6.07, 6.45) is 8.36. The fourth-order valence-electron chi connectivity index (χ4n) is 3.39. The number of likely N-dealkylation sites (tertiary alicyclic amines) is 1. The third-order valence-corrected chi connectivity index (χ3v) is 4.73. The molecule has 2 fully saturated rings. The number of hydrogen-bond donors (Lipinski definition) is 0. The summed E-state index contributed by atoms with van der Waals surface area (Å²) in [4.78, 5) is 22.9. The van der Waals surface area contributed by atoms with Gasteiger partial charge in [-0.3, -0.25) is 4.79 Å². The standard InChI is InChI=1S/C16H17N5O/c17-6-11-8-20(9-11)16(22)12-5-14-15(18-7-12)21(10-19-14)13-3-1-2-4-13/h5,7,10-11,13H,1-4,8-9H2. The van der Waals surface area contributed by atoms with Crippen LogP contribution >= 0.6 is 0 Å². The van der Waals surface area contributed by atoms with E-state index >= 15 is 0 Å². The Labute approximate surface area is 128 Å². The van der Waals surface area contributed by atoms with Crippen molar-refractivity contribution in [1.29, 1.82) is 5.26 Å². The van der Waals surface area contributed by atoms with Crippen LogP contribution in [0.3, 0.4) is 0 Å². The Hall–Kier alpha value is -2.42. The third-order valence-electron chi connectivity index (χ3n) is 4.73. The number of fused-ring (bicyclic) bond motifs is 1. The van der Waals surface area contributed by atoms with Gasteiger partial charge >= 0.3 is 0 Å². The molecule has 2 aromatic heterocycles. The molecule has 1 amide bonds. The maximum atomic E-state index is 12.3. The van der Waals surface area contributed by atoms with Crippen LogP contribution < -0.4 is 0 Å². The zero-order chi connectivity index (χ0) is 15.1. The molecule has 1 saturated carbocycles. The highest BCUT2D eigenvalue weighted by Crippen LogP contribution is 2.31. The summed E-state index contributed by atoms with van der Waals surface area (Å²) in [6, 6.07) is 4.48. The van der Waals surface area contributed by atoms with E-state index in [2.05, 4.69) is 20.6 Å². The van der Waals surface area contributed by atoms with Crippen molar-refractivity contribution in [2.75, 3.05) is 13.1 Å². The van der Waals surface area contributed by atoms with Crippen molar-refractivity contribution in [2.45, 2.75) is 31.7 Å². The second-order valence-corrected chi connectivity index (χ2v) is 6.19. The molecule has 0 N–H and O–H groups in total. The van der Waals surface area contributed by atoms with Gasteiger partial charge < -0.3 is 9.47 Å². The molecule has 0 atom stereocenters. The van der Waals surface area contributed by atoms with Gasteiger partial charge in [-0.2, -0.15) is 5.26 Å². The van der Waals surface area contributed by atoms with E-state index in [4.69, 9.17) is 5.26 Å². The summed E-state index contributed by atoms with van der Waals surface area (Å²) in [6.45, 7) is 1.04. The molecule has 0 unspecified atom stereocenters. The van der Waals surface area contributed by atoms with Crippen LogP contribution in [0, 0.1) is 17.2 Å². The maximum absolute atomic E-state index is 12.3. The van der Waals surface area contributed by atoms with E-state index in [1.54, 1.807) is 11.1 Å². The monoisotopic (exact) mass is 295 g/mol. The first-order valence-electron chi connectivity index (χ1n) is 7.78. The molecule has 22 heavy (non-hydrogen) atoms. The van der Waals surface area contributed by atoms with Gasteiger partial charge in [0.15, 0.2) is 5.65 Å². The number of aromatic nitrogens is 3. The van der Waals surface area contributed by atoms with Crippen molar-refractivity contribution in [3.05, 3.63) is 24.2 Å². The number of carbonyl (C=O) groups excluding carboxylic acids is 1. The lowest BCUT2D eigenvalue weighted by Gasteiger charge is -2.35. The Morgan fingerprint density at radius 2 is 2.05 bits per heavy atom. The van der Waals surface area contributed by atoms with E-state index in [0.717, 1.165) is 11.2 Å². The topological polar surface area (TPSA) is 74.8 Å². The van der Waals surface area contributed by atoms with Crippen LogP contribution in [0.1, 0.15) is 42.1 Å². The van der Waals surface area contributed by atoms with Crippen molar-refractivity contribution >= 4 is 17.1 Å². The van der Waals surface area contributed by atoms with Gasteiger partial charge in [-0.05, 0) is 18.9 Å². The van der Waals surface area contributed by atoms with Crippen LogP contribution in [0.25, 0.3) is 11.2 Å². The first kappa shape index (κ1) is 13.3. The Morgan fingerprint density at radius 3 is 2.77 bits per heavy atom. The molecule has 6 heteroatoms. The van der Waals surface area contributed by atoms with Crippen LogP contribution in [-0.4, -0.2) is 38.4 Å². The lowest BCUT2D eigenvalue weighted by Crippen LogP contribution is -2.49. The molecule has 0 bridgehead atoms. The zero-order valence-electron chi connectivity index (χ0n) is 12.3. The first-order valence-corrected chi connectivity index (χ1v) is 7.78. The molecule has 6 nitrogen and oxygen atoms in total. The van der Waals surface area contributed by atoms with Crippen LogP contribution in [0.4, 0.5) is 0 Å². The van der Waals surface area contributed by atoms with Gasteiger partial charge in [-0.25, -0.2) is 9.97 Å². The molecule has 4 rings (SSSR count). The highest BCUT2D eigenvalue weighted by atomic mass is 16.2. The fourth-order valence-corrected chi connectivity index (χ4v) is 3.39. The van der Waals surface area contributed by atoms with Gasteiger partial charge in [0.05, 0.1) is 23.9 Å². The molecule has 2 aromatic rings.